The summed E-state index contributed by atoms with van der Waals surface area (Å²) in [5.74, 6) is 1.71. The van der Waals surface area contributed by atoms with Crippen molar-refractivity contribution < 1.29 is 4.74 Å². The molecule has 4 nitrogen and oxygen atoms in total. The molecule has 0 atom stereocenters. The van der Waals surface area contributed by atoms with E-state index in [-0.39, 0.29) is 0 Å². The molecule has 0 fully saturated rings. The summed E-state index contributed by atoms with van der Waals surface area (Å²) in [5, 5.41) is 0. The van der Waals surface area contributed by atoms with E-state index in [1.807, 2.05) is 42.5 Å². The summed E-state index contributed by atoms with van der Waals surface area (Å²) >= 11 is 5.00. The van der Waals surface area contributed by atoms with E-state index in [0.717, 1.165) is 22.6 Å². The minimum absolute atomic E-state index is 0.412. The van der Waals surface area contributed by atoms with Gasteiger partial charge in [-0.2, -0.15) is 0 Å². The highest BCUT2D eigenvalue weighted by Gasteiger charge is 2.11. The van der Waals surface area contributed by atoms with E-state index in [0.29, 0.717) is 24.6 Å². The summed E-state index contributed by atoms with van der Waals surface area (Å²) in [6, 6.07) is 16.0. The lowest BCUT2D eigenvalue weighted by Gasteiger charge is -2.10. The van der Waals surface area contributed by atoms with Crippen LogP contribution in [-0.2, 0) is 13.2 Å². The molecule has 0 radical (unpaired) electrons. The van der Waals surface area contributed by atoms with Crippen LogP contribution in [0.5, 0.6) is 5.75 Å². The van der Waals surface area contributed by atoms with E-state index in [1.54, 1.807) is 0 Å². The van der Waals surface area contributed by atoms with Crippen LogP contribution in [0.3, 0.4) is 0 Å². The third-order valence-corrected chi connectivity index (χ3v) is 3.91. The van der Waals surface area contributed by atoms with Crippen molar-refractivity contribution in [3.8, 4) is 5.75 Å². The van der Waals surface area contributed by atoms with Crippen LogP contribution < -0.4 is 10.5 Å². The molecule has 3 rings (SSSR count). The average Bonchev–Trinajstić information content (AvgIpc) is 2.90. The smallest absolute Gasteiger partial charge is 0.148 e. The SMILES string of the molecule is Cc1ccc(OCc2nc3ccccc3n2CCC(N)=S)cc1. The predicted octanol–water partition coefficient (Wildman–Crippen LogP) is 3.60. The number of imidazole rings is 1. The molecule has 0 bridgehead atoms. The Morgan fingerprint density at radius 3 is 2.65 bits per heavy atom. The van der Waals surface area contributed by atoms with Crippen molar-refractivity contribution in [1.29, 1.82) is 0 Å². The van der Waals surface area contributed by atoms with Crippen LogP contribution in [0.15, 0.2) is 48.5 Å². The molecule has 1 aromatic heterocycles. The summed E-state index contributed by atoms with van der Waals surface area (Å²) < 4.78 is 8.00. The molecule has 0 aliphatic carbocycles. The van der Waals surface area contributed by atoms with Crippen molar-refractivity contribution in [1.82, 2.24) is 9.55 Å². The fourth-order valence-electron chi connectivity index (χ4n) is 2.49. The van der Waals surface area contributed by atoms with Gasteiger partial charge in [0, 0.05) is 13.0 Å². The summed E-state index contributed by atoms with van der Waals surface area (Å²) in [4.78, 5) is 5.18. The van der Waals surface area contributed by atoms with Gasteiger partial charge in [-0.05, 0) is 31.2 Å². The molecular formula is C18H19N3OS. The Labute approximate surface area is 140 Å². The van der Waals surface area contributed by atoms with E-state index < -0.39 is 0 Å². The molecule has 0 spiro atoms. The van der Waals surface area contributed by atoms with E-state index >= 15 is 0 Å². The molecule has 0 aliphatic heterocycles. The van der Waals surface area contributed by atoms with Crippen molar-refractivity contribution in [3.63, 3.8) is 0 Å². The summed E-state index contributed by atoms with van der Waals surface area (Å²) in [6.07, 6.45) is 0.646. The van der Waals surface area contributed by atoms with Gasteiger partial charge in [0.1, 0.15) is 18.2 Å². The van der Waals surface area contributed by atoms with Gasteiger partial charge in [0.25, 0.3) is 0 Å². The number of aryl methyl sites for hydroxylation is 2. The molecule has 23 heavy (non-hydrogen) atoms. The molecule has 0 amide bonds. The van der Waals surface area contributed by atoms with Crippen LogP contribution in [0.4, 0.5) is 0 Å². The standard InChI is InChI=1S/C18H19N3OS/c1-13-6-8-14(9-7-13)22-12-18-20-15-4-2-3-5-16(15)21(18)11-10-17(19)23/h2-9H,10-12H2,1H3,(H2,19,23). The van der Waals surface area contributed by atoms with E-state index in [1.165, 1.54) is 5.56 Å². The highest BCUT2D eigenvalue weighted by molar-refractivity contribution is 7.80. The summed E-state index contributed by atoms with van der Waals surface area (Å²) in [5.41, 5.74) is 8.89. The molecule has 2 aromatic carbocycles. The molecule has 0 saturated carbocycles. The summed E-state index contributed by atoms with van der Waals surface area (Å²) in [7, 11) is 0. The molecule has 3 aromatic rings. The maximum atomic E-state index is 5.88. The maximum absolute atomic E-state index is 5.88. The van der Waals surface area contributed by atoms with Gasteiger partial charge < -0.3 is 15.0 Å². The lowest BCUT2D eigenvalue weighted by Crippen LogP contribution is -2.14. The lowest BCUT2D eigenvalue weighted by molar-refractivity contribution is 0.290. The van der Waals surface area contributed by atoms with Crippen molar-refractivity contribution in [2.24, 2.45) is 5.73 Å². The first-order valence-corrected chi connectivity index (χ1v) is 7.96. The Bertz CT molecular complexity index is 824. The first-order valence-electron chi connectivity index (χ1n) is 7.55. The number of ether oxygens (including phenoxy) is 1. The molecular weight excluding hydrogens is 306 g/mol. The molecule has 0 saturated heterocycles. The Hall–Kier alpha value is -2.40. The van der Waals surface area contributed by atoms with Crippen LogP contribution in [0.1, 0.15) is 17.8 Å². The Morgan fingerprint density at radius 2 is 1.91 bits per heavy atom. The second-order valence-corrected chi connectivity index (χ2v) is 6.01. The van der Waals surface area contributed by atoms with Gasteiger partial charge in [0.15, 0.2) is 0 Å². The number of hydrogen-bond acceptors (Lipinski definition) is 3. The molecule has 5 heteroatoms. The van der Waals surface area contributed by atoms with Gasteiger partial charge >= 0.3 is 0 Å². The van der Waals surface area contributed by atoms with E-state index in [2.05, 4.69) is 22.5 Å². The van der Waals surface area contributed by atoms with Gasteiger partial charge in [-0.1, -0.05) is 42.0 Å². The molecule has 0 aliphatic rings. The molecule has 2 N–H and O–H groups in total. The Morgan fingerprint density at radius 1 is 1.17 bits per heavy atom. The number of fused-ring (bicyclic) bond motifs is 1. The maximum Gasteiger partial charge on any atom is 0.148 e. The molecule has 118 valence electrons. The minimum Gasteiger partial charge on any atom is -0.486 e. The fourth-order valence-corrected chi connectivity index (χ4v) is 2.58. The summed E-state index contributed by atoms with van der Waals surface area (Å²) in [6.45, 7) is 3.18. The number of benzene rings is 2. The zero-order chi connectivity index (χ0) is 16.2. The number of thiocarbonyl (C=S) groups is 1. The second-order valence-electron chi connectivity index (χ2n) is 5.49. The normalized spacial score (nSPS) is 10.8. The van der Waals surface area contributed by atoms with Crippen molar-refractivity contribution in [2.75, 3.05) is 0 Å². The highest BCUT2D eigenvalue weighted by atomic mass is 32.1. The van der Waals surface area contributed by atoms with Crippen LogP contribution in [-0.4, -0.2) is 14.5 Å². The van der Waals surface area contributed by atoms with Gasteiger partial charge in [-0.25, -0.2) is 4.98 Å². The largest absolute Gasteiger partial charge is 0.486 e. The van der Waals surface area contributed by atoms with Crippen molar-refractivity contribution >= 4 is 28.2 Å². The highest BCUT2D eigenvalue weighted by Crippen LogP contribution is 2.19. The number of rotatable bonds is 6. The zero-order valence-corrected chi connectivity index (χ0v) is 13.8. The van der Waals surface area contributed by atoms with Crippen molar-refractivity contribution in [2.45, 2.75) is 26.5 Å². The van der Waals surface area contributed by atoms with E-state index in [4.69, 9.17) is 22.7 Å². The fraction of sp³-hybridized carbons (Fsp3) is 0.222. The third kappa shape index (κ3) is 3.68. The quantitative estimate of drug-likeness (QED) is 0.704. The van der Waals surface area contributed by atoms with Crippen molar-refractivity contribution in [3.05, 3.63) is 59.9 Å². The number of hydrogen-bond donors (Lipinski definition) is 1. The molecule has 1 heterocycles. The monoisotopic (exact) mass is 325 g/mol. The van der Waals surface area contributed by atoms with Crippen LogP contribution >= 0.6 is 12.2 Å². The predicted molar refractivity (Wildman–Crippen MR) is 96.6 cm³/mol. The second kappa shape index (κ2) is 6.79. The van der Waals surface area contributed by atoms with Gasteiger partial charge in [-0.3, -0.25) is 0 Å². The Balaban J connectivity index is 1.84. The van der Waals surface area contributed by atoms with Crippen LogP contribution in [0.25, 0.3) is 11.0 Å². The first kappa shape index (κ1) is 15.5. The number of para-hydroxylation sites is 2. The third-order valence-electron chi connectivity index (χ3n) is 3.70. The lowest BCUT2D eigenvalue weighted by atomic mass is 10.2. The minimum atomic E-state index is 0.412. The van der Waals surface area contributed by atoms with Gasteiger partial charge in [0.05, 0.1) is 16.0 Å². The van der Waals surface area contributed by atoms with Gasteiger partial charge in [-0.15, -0.1) is 0 Å². The topological polar surface area (TPSA) is 53.1 Å². The molecule has 0 unspecified atom stereocenters. The first-order chi connectivity index (χ1) is 11.1. The average molecular weight is 325 g/mol. The van der Waals surface area contributed by atoms with Crippen LogP contribution in [0, 0.1) is 6.92 Å². The number of aromatic nitrogens is 2. The zero-order valence-electron chi connectivity index (χ0n) is 13.0. The van der Waals surface area contributed by atoms with Gasteiger partial charge in [0.2, 0.25) is 0 Å². The number of nitrogens with zero attached hydrogens (tertiary/aromatic N) is 2. The Kier molecular flexibility index (Phi) is 4.57. The van der Waals surface area contributed by atoms with Crippen LogP contribution in [0.2, 0.25) is 0 Å². The van der Waals surface area contributed by atoms with E-state index in [9.17, 15) is 0 Å². The number of nitrogens with two attached hydrogens (primary N) is 1.